The highest BCUT2D eigenvalue weighted by molar-refractivity contribution is 5.99. The lowest BCUT2D eigenvalue weighted by Crippen LogP contribution is -2.46. The molecule has 4 heterocycles. The predicted octanol–water partition coefficient (Wildman–Crippen LogP) is 5.63. The summed E-state index contributed by atoms with van der Waals surface area (Å²) in [4.78, 5) is 110. The molecule has 2 aromatic heterocycles. The number of allylic oxidation sites excluding steroid dienone is 2. The van der Waals surface area contributed by atoms with Crippen molar-refractivity contribution in [3.63, 3.8) is 0 Å². The van der Waals surface area contributed by atoms with Gasteiger partial charge in [0.25, 0.3) is 11.8 Å². The van der Waals surface area contributed by atoms with Gasteiger partial charge in [-0.25, -0.2) is 19.6 Å². The van der Waals surface area contributed by atoms with Crippen LogP contribution in [0.3, 0.4) is 0 Å². The molecule has 0 radical (unpaired) electrons. The Bertz CT molecular complexity index is 2250. The van der Waals surface area contributed by atoms with Gasteiger partial charge in [0.1, 0.15) is 31.3 Å². The second kappa shape index (κ2) is 30.9. The lowest BCUT2D eigenvalue weighted by Gasteiger charge is -2.29. The molecule has 74 heavy (non-hydrogen) atoms. The van der Waals surface area contributed by atoms with Crippen molar-refractivity contribution < 1.29 is 86.5 Å². The number of carbonyl (C=O) groups is 8. The van der Waals surface area contributed by atoms with Crippen LogP contribution in [0.25, 0.3) is 0 Å². The quantitative estimate of drug-likeness (QED) is 0.0509. The topological polar surface area (TPSA) is 301 Å². The summed E-state index contributed by atoms with van der Waals surface area (Å²) < 4.78 is 43.0. The second-order valence-corrected chi connectivity index (χ2v) is 18.4. The fourth-order valence-electron chi connectivity index (χ4n) is 7.52. The Morgan fingerprint density at radius 3 is 1.51 bits per heavy atom. The van der Waals surface area contributed by atoms with Crippen molar-refractivity contribution in [3.8, 4) is 23.0 Å². The van der Waals surface area contributed by atoms with Gasteiger partial charge in [-0.15, -0.1) is 0 Å². The molecular formula is C52H74N4O18. The number of hydrogen-bond donors (Lipinski definition) is 4. The number of unbranched alkanes of at least 4 members (excludes halogenated alkanes) is 6. The number of esters is 6. The molecule has 2 aliphatic rings. The summed E-state index contributed by atoms with van der Waals surface area (Å²) in [6.45, 7) is 12.8. The minimum absolute atomic E-state index is 0.0156. The summed E-state index contributed by atoms with van der Waals surface area (Å²) in [6, 6.07) is -0.0491. The molecule has 0 aromatic carbocycles. The Kier molecular flexibility index (Phi) is 25.6. The summed E-state index contributed by atoms with van der Waals surface area (Å²) in [7, 11) is 2.63. The van der Waals surface area contributed by atoms with Gasteiger partial charge in [-0.3, -0.25) is 28.8 Å². The summed E-state index contributed by atoms with van der Waals surface area (Å²) in [5.41, 5.74) is -0.759. The molecule has 4 N–H and O–H groups in total. The minimum atomic E-state index is -1.40. The first-order valence-electron chi connectivity index (χ1n) is 25.1. The van der Waals surface area contributed by atoms with E-state index in [1.165, 1.54) is 52.6 Å². The van der Waals surface area contributed by atoms with Crippen molar-refractivity contribution in [2.75, 3.05) is 27.4 Å². The Morgan fingerprint density at radius 1 is 0.649 bits per heavy atom. The molecule has 2 aliphatic heterocycles. The van der Waals surface area contributed by atoms with E-state index in [1.54, 1.807) is 27.7 Å². The molecule has 0 unspecified atom stereocenters. The number of pyridine rings is 2. The maximum Gasteiger partial charge on any atom is 0.332 e. The van der Waals surface area contributed by atoms with Gasteiger partial charge in [-0.1, -0.05) is 98.6 Å². The van der Waals surface area contributed by atoms with Crippen LogP contribution in [-0.2, 0) is 57.2 Å². The number of aromatic nitrogens is 2. The highest BCUT2D eigenvalue weighted by atomic mass is 16.6. The number of nitrogens with zero attached hydrogens (tertiary/aromatic N) is 2. The van der Waals surface area contributed by atoms with Gasteiger partial charge < -0.3 is 58.7 Å². The number of aromatic hydroxyl groups is 2. The van der Waals surface area contributed by atoms with Crippen LogP contribution < -0.4 is 20.1 Å². The van der Waals surface area contributed by atoms with E-state index in [0.29, 0.717) is 12.8 Å². The van der Waals surface area contributed by atoms with Crippen LogP contribution in [0.4, 0.5) is 0 Å². The first-order valence-corrected chi connectivity index (χ1v) is 25.1. The van der Waals surface area contributed by atoms with E-state index < -0.39 is 133 Å². The van der Waals surface area contributed by atoms with E-state index in [1.807, 2.05) is 12.2 Å². The number of cyclic esters (lactones) is 4. The zero-order chi connectivity index (χ0) is 55.1. The minimum Gasteiger partial charge on any atom is -0.503 e. The molecule has 2 amide bonds. The Morgan fingerprint density at radius 2 is 1.08 bits per heavy atom. The molecule has 0 aliphatic carbocycles. The SMILES string of the molecule is CCCC/C=C/C[C@H]1C(=O)OC[C@H](NC(=O)c2nccc(OC)c2O)C(=O)O[C@@H](C)[C@@H]1OC(=O)C(C)C.CCCCCCC[C@H]1C(=O)OC[C@H](NC(=O)c2nccc(OC)c2O)C(=O)O[C@@H](C)[C@@H]1OC(=O)C(C)C. The molecule has 0 spiro atoms. The molecule has 2 aromatic rings. The second-order valence-electron chi connectivity index (χ2n) is 18.4. The summed E-state index contributed by atoms with van der Waals surface area (Å²) in [5, 5.41) is 25.2. The van der Waals surface area contributed by atoms with Gasteiger partial charge in [0.15, 0.2) is 58.7 Å². The smallest absolute Gasteiger partial charge is 0.332 e. The third-order valence-corrected chi connectivity index (χ3v) is 11.9. The number of hydrogen-bond acceptors (Lipinski definition) is 20. The highest BCUT2D eigenvalue weighted by Crippen LogP contribution is 2.31. The zero-order valence-electron chi connectivity index (χ0n) is 44.0. The molecule has 0 bridgehead atoms. The van der Waals surface area contributed by atoms with Crippen LogP contribution in [0.15, 0.2) is 36.7 Å². The molecule has 8 atom stereocenters. The summed E-state index contributed by atoms with van der Waals surface area (Å²) >= 11 is 0. The fourth-order valence-corrected chi connectivity index (χ4v) is 7.52. The third-order valence-electron chi connectivity index (χ3n) is 11.9. The number of methoxy groups -OCH3 is 2. The Labute approximate surface area is 431 Å². The van der Waals surface area contributed by atoms with Crippen LogP contribution in [-0.4, -0.2) is 132 Å². The van der Waals surface area contributed by atoms with Crippen molar-refractivity contribution in [1.82, 2.24) is 20.6 Å². The first-order chi connectivity index (χ1) is 35.2. The summed E-state index contributed by atoms with van der Waals surface area (Å²) in [6.07, 6.45) is 10.3. The monoisotopic (exact) mass is 1040 g/mol. The molecule has 2 fully saturated rings. The molecule has 2 saturated heterocycles. The van der Waals surface area contributed by atoms with E-state index in [2.05, 4.69) is 34.4 Å². The lowest BCUT2D eigenvalue weighted by molar-refractivity contribution is -0.177. The van der Waals surface area contributed by atoms with Crippen molar-refractivity contribution in [3.05, 3.63) is 48.1 Å². The van der Waals surface area contributed by atoms with Crippen LogP contribution in [0.5, 0.6) is 23.0 Å². The van der Waals surface area contributed by atoms with Crippen LogP contribution in [0.2, 0.25) is 0 Å². The number of amides is 2. The number of nitrogens with one attached hydrogen (secondary N) is 2. The van der Waals surface area contributed by atoms with Gasteiger partial charge in [0, 0.05) is 24.5 Å². The van der Waals surface area contributed by atoms with Crippen molar-refractivity contribution in [2.45, 2.75) is 156 Å². The average molecular weight is 1040 g/mol. The normalized spacial score (nSPS) is 22.3. The van der Waals surface area contributed by atoms with Gasteiger partial charge in [0.05, 0.1) is 32.0 Å². The highest BCUT2D eigenvalue weighted by Gasteiger charge is 2.44. The average Bonchev–Trinajstić information content (AvgIpc) is 3.42. The van der Waals surface area contributed by atoms with Gasteiger partial charge in [0.2, 0.25) is 0 Å². The first kappa shape index (κ1) is 61.3. The summed E-state index contributed by atoms with van der Waals surface area (Å²) in [5.74, 6) is -9.69. The lowest BCUT2D eigenvalue weighted by atomic mass is 9.91. The molecule has 22 heteroatoms. The van der Waals surface area contributed by atoms with Crippen LogP contribution >= 0.6 is 0 Å². The molecular weight excluding hydrogens is 969 g/mol. The van der Waals surface area contributed by atoms with E-state index in [-0.39, 0.29) is 29.3 Å². The van der Waals surface area contributed by atoms with E-state index in [4.69, 9.17) is 37.9 Å². The van der Waals surface area contributed by atoms with E-state index in [0.717, 1.165) is 44.9 Å². The van der Waals surface area contributed by atoms with Crippen molar-refractivity contribution in [1.29, 1.82) is 0 Å². The zero-order valence-corrected chi connectivity index (χ0v) is 44.0. The van der Waals surface area contributed by atoms with Gasteiger partial charge in [-0.05, 0) is 33.1 Å². The van der Waals surface area contributed by atoms with Crippen LogP contribution in [0, 0.1) is 23.7 Å². The van der Waals surface area contributed by atoms with E-state index in [9.17, 15) is 48.6 Å². The van der Waals surface area contributed by atoms with Crippen molar-refractivity contribution in [2.24, 2.45) is 23.7 Å². The molecule has 410 valence electrons. The number of ether oxygens (including phenoxy) is 8. The fraction of sp³-hybridized carbons (Fsp3) is 0.615. The maximum absolute atomic E-state index is 13.1. The van der Waals surface area contributed by atoms with E-state index >= 15 is 0 Å². The van der Waals surface area contributed by atoms with Gasteiger partial charge in [-0.2, -0.15) is 0 Å². The van der Waals surface area contributed by atoms with Gasteiger partial charge >= 0.3 is 35.8 Å². The van der Waals surface area contributed by atoms with Crippen LogP contribution in [0.1, 0.15) is 141 Å². The molecule has 4 rings (SSSR count). The Balaban J connectivity index is 0.000000390. The molecule has 0 saturated carbocycles. The van der Waals surface area contributed by atoms with Crippen molar-refractivity contribution >= 4 is 47.6 Å². The number of rotatable bonds is 21. The molecule has 22 nitrogen and oxygen atoms in total. The number of carbonyl (C=O) groups excluding carboxylic acids is 8. The third kappa shape index (κ3) is 18.2. The predicted molar refractivity (Wildman–Crippen MR) is 264 cm³/mol. The Hall–Kier alpha value is -7.00. The maximum atomic E-state index is 13.1. The standard InChI is InChI=1S/C26H38N2O9.C26H36N2O9/c2*1-6-7-8-9-10-11-17-22(37-24(31)15(2)3)16(4)36-26(33)18(14-35-25(17)32)28-23(30)20-21(29)19(34-5)12-13-27-20/h12-13,15-18,22,29H,6-11,14H2,1-5H3,(H,28,30);9-10,12-13,15-18,22,29H,6-8,11,14H2,1-5H3,(H,28,30)/b;10-9+/t2*16-,17+,18-,22-/m00/s1. The largest absolute Gasteiger partial charge is 0.503 e.